The van der Waals surface area contributed by atoms with Crippen molar-refractivity contribution < 1.29 is 4.74 Å². The molecule has 5 nitrogen and oxygen atoms in total. The van der Waals surface area contributed by atoms with Crippen LogP contribution in [0.2, 0.25) is 0 Å². The first-order valence-electron chi connectivity index (χ1n) is 21.2. The second-order valence-electron chi connectivity index (χ2n) is 16.1. The molecule has 0 saturated carbocycles. The number of nitrogen functional groups attached to an aromatic ring is 1. The van der Waals surface area contributed by atoms with Gasteiger partial charge in [-0.2, -0.15) is 0 Å². The first-order valence-corrected chi connectivity index (χ1v) is 21.2. The van der Waals surface area contributed by atoms with Crippen LogP contribution in [0.5, 0.6) is 11.5 Å². The molecule has 1 unspecified atom stereocenters. The van der Waals surface area contributed by atoms with E-state index >= 15 is 0 Å². The molecule has 1 aromatic heterocycles. The van der Waals surface area contributed by atoms with Crippen LogP contribution in [0.3, 0.4) is 0 Å². The molecule has 5 heteroatoms. The number of rotatable bonds is 6. The number of nitrogens with zero attached hydrogens (tertiary/aromatic N) is 3. The van der Waals surface area contributed by atoms with Crippen LogP contribution >= 0.6 is 0 Å². The molecule has 12 rings (SSSR count). The number of fused-ring (bicyclic) bond motifs is 9. The average molecular weight is 807 g/mol. The van der Waals surface area contributed by atoms with Gasteiger partial charge in [0.25, 0.3) is 0 Å². The Morgan fingerprint density at radius 2 is 0.810 bits per heavy atom. The van der Waals surface area contributed by atoms with E-state index in [0.29, 0.717) is 17.5 Å². The summed E-state index contributed by atoms with van der Waals surface area (Å²) in [4.78, 5) is 15.5. The monoisotopic (exact) mass is 806 g/mol. The predicted molar refractivity (Wildman–Crippen MR) is 254 cm³/mol. The zero-order chi connectivity index (χ0) is 41.9. The van der Waals surface area contributed by atoms with E-state index < -0.39 is 5.41 Å². The summed E-state index contributed by atoms with van der Waals surface area (Å²) < 4.78 is 7.11. The molecule has 0 bridgehead atoms. The van der Waals surface area contributed by atoms with Crippen molar-refractivity contribution in [3.8, 4) is 90.2 Å². The summed E-state index contributed by atoms with van der Waals surface area (Å²) in [6.45, 7) is 0. The minimum atomic E-state index is -0.726. The number of para-hydroxylation sites is 2. The topological polar surface area (TPSA) is 73.9 Å². The van der Waals surface area contributed by atoms with Crippen molar-refractivity contribution in [1.82, 2.24) is 15.0 Å². The van der Waals surface area contributed by atoms with Gasteiger partial charge >= 0.3 is 0 Å². The molecule has 2 aliphatic rings. The van der Waals surface area contributed by atoms with Crippen LogP contribution in [-0.4, -0.2) is 15.0 Å². The summed E-state index contributed by atoms with van der Waals surface area (Å²) in [5.74, 6) is 3.21. The molecule has 296 valence electrons. The maximum atomic E-state index is 7.11. The fourth-order valence-corrected chi connectivity index (χ4v) is 9.78. The summed E-state index contributed by atoms with van der Waals surface area (Å²) in [7, 11) is 0. The molecule has 0 fully saturated rings. The Kier molecular flexibility index (Phi) is 8.47. The van der Waals surface area contributed by atoms with E-state index in [1.54, 1.807) is 0 Å². The number of hydrogen-bond donors (Lipinski definition) is 1. The molecule has 1 aliphatic heterocycles. The van der Waals surface area contributed by atoms with Crippen LogP contribution < -0.4 is 10.5 Å². The summed E-state index contributed by atoms with van der Waals surface area (Å²) in [5.41, 5.74) is 22.8. The van der Waals surface area contributed by atoms with Crippen LogP contribution in [0.1, 0.15) is 22.3 Å². The van der Waals surface area contributed by atoms with E-state index in [9.17, 15) is 0 Å². The summed E-state index contributed by atoms with van der Waals surface area (Å²) >= 11 is 0. The van der Waals surface area contributed by atoms with E-state index in [1.165, 1.54) is 22.3 Å². The van der Waals surface area contributed by atoms with Crippen molar-refractivity contribution in [2.45, 2.75) is 5.41 Å². The highest BCUT2D eigenvalue weighted by Gasteiger charge is 2.52. The van der Waals surface area contributed by atoms with E-state index in [2.05, 4.69) is 170 Å². The lowest BCUT2D eigenvalue weighted by Crippen LogP contribution is -2.32. The molecule has 0 saturated heterocycles. The number of benzene rings is 9. The normalized spacial score (nSPS) is 14.3. The smallest absolute Gasteiger partial charge is 0.167 e. The Labute approximate surface area is 365 Å². The van der Waals surface area contributed by atoms with Crippen molar-refractivity contribution in [2.75, 3.05) is 5.73 Å². The van der Waals surface area contributed by atoms with Gasteiger partial charge in [-0.3, -0.25) is 0 Å². The van der Waals surface area contributed by atoms with Crippen molar-refractivity contribution in [3.05, 3.63) is 241 Å². The third-order valence-electron chi connectivity index (χ3n) is 12.5. The molecule has 2 N–H and O–H groups in total. The average Bonchev–Trinajstić information content (AvgIpc) is 3.65. The van der Waals surface area contributed by atoms with E-state index in [1.807, 2.05) is 48.5 Å². The Balaban J connectivity index is 1.08. The van der Waals surface area contributed by atoms with Gasteiger partial charge in [0.05, 0.1) is 11.0 Å². The summed E-state index contributed by atoms with van der Waals surface area (Å²) in [5, 5.41) is 0. The SMILES string of the molecule is Nc1cc(-c2ccccc2)cc(-c2cccc3c2-c2ccccc2C32c3ccccc3Oc3c(-c4nc(-c5ccccc5)nc(-c5ccc(-c6ccccc6)cc5)n4)cccc32)c1. The zero-order valence-corrected chi connectivity index (χ0v) is 34.1. The van der Waals surface area contributed by atoms with Crippen LogP contribution in [0, 0.1) is 0 Å². The quantitative estimate of drug-likeness (QED) is 0.169. The highest BCUT2D eigenvalue weighted by molar-refractivity contribution is 5.98. The maximum Gasteiger partial charge on any atom is 0.167 e. The summed E-state index contributed by atoms with van der Waals surface area (Å²) in [6.07, 6.45) is 0. The highest BCUT2D eigenvalue weighted by atomic mass is 16.5. The molecule has 9 aromatic carbocycles. The van der Waals surface area contributed by atoms with E-state index in [4.69, 9.17) is 25.4 Å². The van der Waals surface area contributed by atoms with Crippen LogP contribution in [0.4, 0.5) is 5.69 Å². The van der Waals surface area contributed by atoms with Gasteiger partial charge in [0.15, 0.2) is 17.5 Å². The Bertz CT molecular complexity index is 3370. The Hall–Kier alpha value is -8.41. The number of aromatic nitrogens is 3. The molecule has 0 radical (unpaired) electrons. The minimum absolute atomic E-state index is 0.533. The zero-order valence-electron chi connectivity index (χ0n) is 34.1. The van der Waals surface area contributed by atoms with Gasteiger partial charge < -0.3 is 10.5 Å². The number of nitrogens with two attached hydrogens (primary N) is 1. The third-order valence-corrected chi connectivity index (χ3v) is 12.5. The predicted octanol–water partition coefficient (Wildman–Crippen LogP) is 13.9. The van der Waals surface area contributed by atoms with Crippen molar-refractivity contribution in [1.29, 1.82) is 0 Å². The van der Waals surface area contributed by atoms with E-state index in [0.717, 1.165) is 78.4 Å². The maximum absolute atomic E-state index is 7.11. The van der Waals surface area contributed by atoms with Gasteiger partial charge in [-0.25, -0.2) is 15.0 Å². The van der Waals surface area contributed by atoms with Gasteiger partial charge in [0.2, 0.25) is 0 Å². The van der Waals surface area contributed by atoms with Crippen molar-refractivity contribution in [3.63, 3.8) is 0 Å². The van der Waals surface area contributed by atoms with Gasteiger partial charge in [0, 0.05) is 27.9 Å². The largest absolute Gasteiger partial charge is 0.456 e. The lowest BCUT2D eigenvalue weighted by atomic mass is 9.65. The van der Waals surface area contributed by atoms with Crippen LogP contribution in [-0.2, 0) is 5.41 Å². The van der Waals surface area contributed by atoms with Gasteiger partial charge in [0.1, 0.15) is 11.5 Å². The Morgan fingerprint density at radius 3 is 1.52 bits per heavy atom. The van der Waals surface area contributed by atoms with Crippen LogP contribution in [0.25, 0.3) is 78.7 Å². The molecule has 1 spiro atoms. The number of ether oxygens (including phenoxy) is 1. The standard InChI is InChI=1S/C58H38N4O/c59-44-35-42(38-18-6-2-7-19-38)34-43(36-44)45-23-14-27-50-53(45)46-22-10-11-25-48(46)58(50)49-26-12-13-29-52(49)63-54-47(24-15-28-51(54)58)57-61-55(40-20-8-3-9-21-40)60-56(62-57)41-32-30-39(31-33-41)37-16-4-1-5-17-37/h1-36H,59H2. The van der Waals surface area contributed by atoms with E-state index in [-0.39, 0.29) is 0 Å². The summed E-state index contributed by atoms with van der Waals surface area (Å²) in [6, 6.07) is 76.1. The number of hydrogen-bond acceptors (Lipinski definition) is 5. The molecule has 63 heavy (non-hydrogen) atoms. The molecule has 2 heterocycles. The fraction of sp³-hybridized carbons (Fsp3) is 0.0172. The molecule has 1 aliphatic carbocycles. The van der Waals surface area contributed by atoms with Crippen molar-refractivity contribution >= 4 is 5.69 Å². The molecular weight excluding hydrogens is 769 g/mol. The third kappa shape index (κ3) is 5.89. The number of anilines is 1. The lowest BCUT2D eigenvalue weighted by molar-refractivity contribution is 0.437. The second kappa shape index (κ2) is 14.6. The first-order chi connectivity index (χ1) is 31.1. The van der Waals surface area contributed by atoms with Crippen LogP contribution in [0.15, 0.2) is 218 Å². The molecule has 1 atom stereocenters. The minimum Gasteiger partial charge on any atom is -0.456 e. The first kappa shape index (κ1) is 36.4. The second-order valence-corrected chi connectivity index (χ2v) is 16.1. The molecule has 10 aromatic rings. The Morgan fingerprint density at radius 1 is 0.333 bits per heavy atom. The van der Waals surface area contributed by atoms with Gasteiger partial charge in [-0.1, -0.05) is 188 Å². The van der Waals surface area contributed by atoms with Gasteiger partial charge in [-0.15, -0.1) is 0 Å². The van der Waals surface area contributed by atoms with Gasteiger partial charge in [-0.05, 0) is 86.0 Å². The highest BCUT2D eigenvalue weighted by Crippen LogP contribution is 2.64. The lowest BCUT2D eigenvalue weighted by Gasteiger charge is -2.40. The molecular formula is C58H38N4O. The molecule has 0 amide bonds. The van der Waals surface area contributed by atoms with Crippen molar-refractivity contribution in [2.24, 2.45) is 0 Å². The fourth-order valence-electron chi connectivity index (χ4n) is 9.78.